The van der Waals surface area contributed by atoms with Crippen molar-refractivity contribution in [2.24, 2.45) is 0 Å². The molecule has 0 spiro atoms. The Morgan fingerprint density at radius 1 is 1.19 bits per heavy atom. The van der Waals surface area contributed by atoms with Crippen LogP contribution in [0.3, 0.4) is 0 Å². The zero-order chi connectivity index (χ0) is 18.8. The van der Waals surface area contributed by atoms with Crippen LogP contribution < -0.4 is 9.64 Å². The number of Topliss-reactive ketones (excluding diaryl/α,β-unsaturated/α-hetero) is 1. The highest BCUT2D eigenvalue weighted by atomic mass is 16.5. The summed E-state index contributed by atoms with van der Waals surface area (Å²) in [6.07, 6.45) is 0.229. The third kappa shape index (κ3) is 3.88. The van der Waals surface area contributed by atoms with E-state index < -0.39 is 0 Å². The number of carbonyl (C=O) groups excluding carboxylic acids is 3. The monoisotopic (exact) mass is 360 g/mol. The molecule has 2 atom stereocenters. The molecule has 7 heteroatoms. The maximum absolute atomic E-state index is 12.6. The van der Waals surface area contributed by atoms with Crippen LogP contribution in [0.5, 0.6) is 5.75 Å². The molecule has 0 aromatic heterocycles. The molecule has 26 heavy (non-hydrogen) atoms. The Morgan fingerprint density at radius 2 is 1.88 bits per heavy atom. The fraction of sp³-hybridized carbons (Fsp3) is 0.526. The molecule has 1 saturated heterocycles. The maximum Gasteiger partial charge on any atom is 0.265 e. The summed E-state index contributed by atoms with van der Waals surface area (Å²) in [5.41, 5.74) is 1.06. The summed E-state index contributed by atoms with van der Waals surface area (Å²) in [7, 11) is 0. The van der Waals surface area contributed by atoms with Crippen LogP contribution in [0.1, 0.15) is 37.6 Å². The van der Waals surface area contributed by atoms with Gasteiger partial charge in [0.1, 0.15) is 5.75 Å². The molecule has 0 bridgehead atoms. The summed E-state index contributed by atoms with van der Waals surface area (Å²) in [6.45, 7) is 6.68. The van der Waals surface area contributed by atoms with Crippen molar-refractivity contribution in [3.63, 3.8) is 0 Å². The highest BCUT2D eigenvalue weighted by molar-refractivity contribution is 6.01. The second kappa shape index (κ2) is 7.45. The molecule has 1 aromatic carbocycles. The number of hydrogen-bond donors (Lipinski definition) is 0. The predicted molar refractivity (Wildman–Crippen MR) is 95.5 cm³/mol. The molecule has 1 aromatic rings. The van der Waals surface area contributed by atoms with Gasteiger partial charge in [-0.2, -0.15) is 0 Å². The number of benzene rings is 1. The van der Waals surface area contributed by atoms with E-state index >= 15 is 0 Å². The van der Waals surface area contributed by atoms with E-state index in [0.29, 0.717) is 30.1 Å². The third-order valence-electron chi connectivity index (χ3n) is 4.63. The Hall–Kier alpha value is -2.41. The van der Waals surface area contributed by atoms with Gasteiger partial charge in [-0.15, -0.1) is 0 Å². The largest absolute Gasteiger partial charge is 0.482 e. The predicted octanol–water partition coefficient (Wildman–Crippen LogP) is 1.64. The standard InChI is InChI=1S/C19H24N2O5/c1-12-9-20(10-13(2)26-12)18(23)6-7-21-16-8-15(14(3)22)4-5-17(16)25-11-19(21)24/h4-5,8,12-13H,6-7,9-11H2,1-3H3. The van der Waals surface area contributed by atoms with Crippen LogP contribution in [0.15, 0.2) is 18.2 Å². The number of carbonyl (C=O) groups is 3. The van der Waals surface area contributed by atoms with Crippen molar-refractivity contribution in [2.75, 3.05) is 31.1 Å². The van der Waals surface area contributed by atoms with E-state index in [4.69, 9.17) is 9.47 Å². The molecule has 7 nitrogen and oxygen atoms in total. The maximum atomic E-state index is 12.6. The lowest BCUT2D eigenvalue weighted by molar-refractivity contribution is -0.143. The van der Waals surface area contributed by atoms with Crippen LogP contribution in [0, 0.1) is 0 Å². The third-order valence-corrected chi connectivity index (χ3v) is 4.63. The number of anilines is 1. The number of ketones is 1. The molecule has 2 amide bonds. The first kappa shape index (κ1) is 18.4. The molecule has 2 aliphatic heterocycles. The van der Waals surface area contributed by atoms with Crippen molar-refractivity contribution < 1.29 is 23.9 Å². The van der Waals surface area contributed by atoms with Crippen molar-refractivity contribution >= 4 is 23.3 Å². The molecule has 2 aliphatic rings. The topological polar surface area (TPSA) is 76.2 Å². The Morgan fingerprint density at radius 3 is 2.54 bits per heavy atom. The fourth-order valence-electron chi connectivity index (χ4n) is 3.41. The normalized spacial score (nSPS) is 22.7. The SMILES string of the molecule is CC(=O)c1ccc2c(c1)N(CCC(=O)N1CC(C)OC(C)C1)C(=O)CO2. The molecular formula is C19H24N2O5. The summed E-state index contributed by atoms with van der Waals surface area (Å²) < 4.78 is 11.1. The minimum atomic E-state index is -0.213. The van der Waals surface area contributed by atoms with E-state index in [9.17, 15) is 14.4 Å². The van der Waals surface area contributed by atoms with E-state index in [2.05, 4.69) is 0 Å². The summed E-state index contributed by atoms with van der Waals surface area (Å²) in [4.78, 5) is 39.8. The zero-order valence-corrected chi connectivity index (χ0v) is 15.4. The van der Waals surface area contributed by atoms with Crippen LogP contribution in [0.25, 0.3) is 0 Å². The van der Waals surface area contributed by atoms with E-state index in [1.165, 1.54) is 11.8 Å². The molecule has 3 rings (SSSR count). The van der Waals surface area contributed by atoms with Gasteiger partial charge in [0.25, 0.3) is 5.91 Å². The highest BCUT2D eigenvalue weighted by Gasteiger charge is 2.29. The van der Waals surface area contributed by atoms with Gasteiger partial charge in [-0.25, -0.2) is 0 Å². The smallest absolute Gasteiger partial charge is 0.265 e. The summed E-state index contributed by atoms with van der Waals surface area (Å²) in [5, 5.41) is 0. The van der Waals surface area contributed by atoms with Crippen LogP contribution in [-0.2, 0) is 14.3 Å². The molecule has 2 heterocycles. The van der Waals surface area contributed by atoms with Gasteiger partial charge in [-0.1, -0.05) is 0 Å². The number of morpholine rings is 1. The van der Waals surface area contributed by atoms with Gasteiger partial charge in [0, 0.05) is 31.6 Å². The Bertz CT molecular complexity index is 723. The van der Waals surface area contributed by atoms with Crippen LogP contribution in [0.4, 0.5) is 5.69 Å². The minimum Gasteiger partial charge on any atom is -0.482 e. The molecule has 1 fully saturated rings. The summed E-state index contributed by atoms with van der Waals surface area (Å²) >= 11 is 0. The van der Waals surface area contributed by atoms with Gasteiger partial charge in [0.15, 0.2) is 12.4 Å². The number of fused-ring (bicyclic) bond motifs is 1. The Kier molecular flexibility index (Phi) is 5.27. The molecule has 2 unspecified atom stereocenters. The summed E-state index contributed by atoms with van der Waals surface area (Å²) in [6, 6.07) is 5.02. The number of ether oxygens (including phenoxy) is 2. The van der Waals surface area contributed by atoms with Crippen LogP contribution in [0.2, 0.25) is 0 Å². The lowest BCUT2D eigenvalue weighted by atomic mass is 10.1. The van der Waals surface area contributed by atoms with Gasteiger partial charge < -0.3 is 19.3 Å². The Balaban J connectivity index is 1.71. The second-order valence-corrected chi connectivity index (χ2v) is 6.88. The fourth-order valence-corrected chi connectivity index (χ4v) is 3.41. The molecule has 0 saturated carbocycles. The lowest BCUT2D eigenvalue weighted by Gasteiger charge is -2.36. The number of hydrogen-bond acceptors (Lipinski definition) is 5. The van der Waals surface area contributed by atoms with E-state index in [1.54, 1.807) is 23.1 Å². The average molecular weight is 360 g/mol. The van der Waals surface area contributed by atoms with Gasteiger partial charge in [0.05, 0.1) is 17.9 Å². The van der Waals surface area contributed by atoms with Crippen molar-refractivity contribution in [1.82, 2.24) is 4.90 Å². The van der Waals surface area contributed by atoms with Crippen LogP contribution in [-0.4, -0.2) is 60.9 Å². The highest BCUT2D eigenvalue weighted by Crippen LogP contribution is 2.33. The number of rotatable bonds is 4. The molecule has 0 radical (unpaired) electrons. The van der Waals surface area contributed by atoms with Gasteiger partial charge in [-0.05, 0) is 39.0 Å². The molecule has 0 N–H and O–H groups in total. The molecular weight excluding hydrogens is 336 g/mol. The first-order valence-electron chi connectivity index (χ1n) is 8.86. The van der Waals surface area contributed by atoms with Crippen molar-refractivity contribution in [2.45, 2.75) is 39.4 Å². The van der Waals surface area contributed by atoms with Crippen molar-refractivity contribution in [3.8, 4) is 5.75 Å². The average Bonchev–Trinajstić information content (AvgIpc) is 2.59. The van der Waals surface area contributed by atoms with Crippen molar-refractivity contribution in [1.29, 1.82) is 0 Å². The van der Waals surface area contributed by atoms with Gasteiger partial charge in [0.2, 0.25) is 5.91 Å². The first-order valence-corrected chi connectivity index (χ1v) is 8.86. The first-order chi connectivity index (χ1) is 12.3. The summed E-state index contributed by atoms with van der Waals surface area (Å²) in [5.74, 6) is 0.249. The quantitative estimate of drug-likeness (QED) is 0.763. The second-order valence-electron chi connectivity index (χ2n) is 6.88. The minimum absolute atomic E-state index is 0.00411. The molecule has 0 aliphatic carbocycles. The van der Waals surface area contributed by atoms with E-state index in [1.807, 2.05) is 13.8 Å². The van der Waals surface area contributed by atoms with Crippen molar-refractivity contribution in [3.05, 3.63) is 23.8 Å². The van der Waals surface area contributed by atoms with Gasteiger partial charge in [-0.3, -0.25) is 14.4 Å². The Labute approximate surface area is 152 Å². The zero-order valence-electron chi connectivity index (χ0n) is 15.4. The molecule has 140 valence electrons. The van der Waals surface area contributed by atoms with E-state index in [0.717, 1.165) is 0 Å². The number of nitrogens with zero attached hydrogens (tertiary/aromatic N) is 2. The van der Waals surface area contributed by atoms with Crippen LogP contribution >= 0.6 is 0 Å². The number of amides is 2. The van der Waals surface area contributed by atoms with E-state index in [-0.39, 0.29) is 49.4 Å². The lowest BCUT2D eigenvalue weighted by Crippen LogP contribution is -2.49. The van der Waals surface area contributed by atoms with Gasteiger partial charge >= 0.3 is 0 Å².